The van der Waals surface area contributed by atoms with Crippen molar-refractivity contribution in [1.29, 1.82) is 0 Å². The number of sulfonamides is 1. The Morgan fingerprint density at radius 1 is 1.45 bits per heavy atom. The fourth-order valence-corrected chi connectivity index (χ4v) is 3.16. The van der Waals surface area contributed by atoms with Gasteiger partial charge in [-0.2, -0.15) is 0 Å². The number of rotatable bonds is 5. The number of morpholine rings is 1. The van der Waals surface area contributed by atoms with Gasteiger partial charge in [-0.25, -0.2) is 18.1 Å². The molecule has 1 unspecified atom stereocenters. The molecule has 0 radical (unpaired) electrons. The summed E-state index contributed by atoms with van der Waals surface area (Å²) in [6.45, 7) is 5.38. The van der Waals surface area contributed by atoms with E-state index in [2.05, 4.69) is 14.6 Å². The van der Waals surface area contributed by atoms with E-state index in [1.807, 2.05) is 6.92 Å². The van der Waals surface area contributed by atoms with Crippen LogP contribution in [-0.2, 0) is 14.8 Å². The lowest BCUT2D eigenvalue weighted by molar-refractivity contribution is 0.0213. The van der Waals surface area contributed by atoms with Crippen LogP contribution in [0.2, 0.25) is 5.15 Å². The Bertz CT molecular complexity index is 529. The zero-order chi connectivity index (χ0) is 14.6. The van der Waals surface area contributed by atoms with Gasteiger partial charge in [-0.3, -0.25) is 4.90 Å². The number of nitrogens with one attached hydrogen (secondary N) is 1. The third kappa shape index (κ3) is 4.13. The number of hydrogen-bond acceptors (Lipinski definition) is 5. The zero-order valence-electron chi connectivity index (χ0n) is 11.3. The third-order valence-electron chi connectivity index (χ3n) is 3.25. The molecule has 2 rings (SSSR count). The van der Waals surface area contributed by atoms with Crippen molar-refractivity contribution in [2.45, 2.75) is 17.9 Å². The maximum absolute atomic E-state index is 12.1. The van der Waals surface area contributed by atoms with Gasteiger partial charge in [0.05, 0.1) is 13.2 Å². The highest BCUT2D eigenvalue weighted by atomic mass is 35.5. The number of ether oxygens (including phenoxy) is 1. The van der Waals surface area contributed by atoms with Gasteiger partial charge in [0.2, 0.25) is 10.0 Å². The van der Waals surface area contributed by atoms with E-state index in [1.54, 1.807) is 0 Å². The van der Waals surface area contributed by atoms with E-state index >= 15 is 0 Å². The Kier molecular flexibility index (Phi) is 5.34. The van der Waals surface area contributed by atoms with E-state index in [0.717, 1.165) is 13.1 Å². The van der Waals surface area contributed by atoms with Gasteiger partial charge >= 0.3 is 0 Å². The van der Waals surface area contributed by atoms with Gasteiger partial charge in [0.1, 0.15) is 10.0 Å². The zero-order valence-corrected chi connectivity index (χ0v) is 12.8. The van der Waals surface area contributed by atoms with Crippen molar-refractivity contribution in [3.63, 3.8) is 0 Å². The molecule has 0 aromatic carbocycles. The van der Waals surface area contributed by atoms with Crippen LogP contribution < -0.4 is 4.72 Å². The first-order valence-corrected chi connectivity index (χ1v) is 8.28. The average Bonchev–Trinajstić information content (AvgIpc) is 2.46. The average molecular weight is 320 g/mol. The van der Waals surface area contributed by atoms with Gasteiger partial charge < -0.3 is 4.74 Å². The highest BCUT2D eigenvalue weighted by Gasteiger charge is 2.20. The summed E-state index contributed by atoms with van der Waals surface area (Å²) in [6.07, 6.45) is 1.25. The van der Waals surface area contributed by atoms with Gasteiger partial charge in [0, 0.05) is 31.9 Å². The summed E-state index contributed by atoms with van der Waals surface area (Å²) in [7, 11) is -3.54. The van der Waals surface area contributed by atoms with Crippen LogP contribution in [0.5, 0.6) is 0 Å². The number of pyridine rings is 1. The number of aromatic nitrogens is 1. The number of halogens is 1. The second kappa shape index (κ2) is 6.82. The molecule has 0 amide bonds. The van der Waals surface area contributed by atoms with E-state index < -0.39 is 10.0 Å². The minimum absolute atomic E-state index is 0.119. The summed E-state index contributed by atoms with van der Waals surface area (Å²) < 4.78 is 32.1. The van der Waals surface area contributed by atoms with E-state index in [-0.39, 0.29) is 16.1 Å². The lowest BCUT2D eigenvalue weighted by atomic mass is 10.2. The second-order valence-corrected chi connectivity index (χ2v) is 6.82. The molecule has 2 heterocycles. The smallest absolute Gasteiger partial charge is 0.242 e. The molecule has 1 atom stereocenters. The van der Waals surface area contributed by atoms with Crippen molar-refractivity contribution >= 4 is 21.6 Å². The maximum Gasteiger partial charge on any atom is 0.242 e. The topological polar surface area (TPSA) is 71.5 Å². The first-order chi connectivity index (χ1) is 9.49. The van der Waals surface area contributed by atoms with Crippen molar-refractivity contribution in [3.05, 3.63) is 23.5 Å². The van der Waals surface area contributed by atoms with Gasteiger partial charge in [-0.1, -0.05) is 11.6 Å². The molecule has 8 heteroatoms. The van der Waals surface area contributed by atoms with E-state index in [4.69, 9.17) is 16.3 Å². The highest BCUT2D eigenvalue weighted by molar-refractivity contribution is 7.89. The molecule has 1 fully saturated rings. The van der Waals surface area contributed by atoms with Crippen molar-refractivity contribution < 1.29 is 13.2 Å². The van der Waals surface area contributed by atoms with Gasteiger partial charge in [0.15, 0.2) is 0 Å². The van der Waals surface area contributed by atoms with Crippen molar-refractivity contribution in [1.82, 2.24) is 14.6 Å². The summed E-state index contributed by atoms with van der Waals surface area (Å²) >= 11 is 5.65. The van der Waals surface area contributed by atoms with Crippen LogP contribution in [0.1, 0.15) is 6.92 Å². The van der Waals surface area contributed by atoms with Crippen LogP contribution >= 0.6 is 11.6 Å². The van der Waals surface area contributed by atoms with Crippen molar-refractivity contribution in [3.8, 4) is 0 Å². The molecule has 1 aliphatic rings. The standard InChI is InChI=1S/C12H18ClN3O3S/c1-10(16-4-6-19-7-5-16)8-15-20(17,18)11-2-3-12(13)14-9-11/h2-3,9-10,15H,4-8H2,1H3. The summed E-state index contributed by atoms with van der Waals surface area (Å²) in [4.78, 5) is 6.10. The molecule has 0 bridgehead atoms. The van der Waals surface area contributed by atoms with E-state index in [0.29, 0.717) is 19.8 Å². The Balaban J connectivity index is 1.93. The van der Waals surface area contributed by atoms with Gasteiger partial charge in [0.25, 0.3) is 0 Å². The van der Waals surface area contributed by atoms with Crippen molar-refractivity contribution in [2.75, 3.05) is 32.8 Å². The second-order valence-electron chi connectivity index (χ2n) is 4.67. The summed E-state index contributed by atoms with van der Waals surface area (Å²) in [5.41, 5.74) is 0. The third-order valence-corrected chi connectivity index (χ3v) is 4.88. The van der Waals surface area contributed by atoms with Gasteiger partial charge in [-0.05, 0) is 19.1 Å². The number of nitrogens with zero attached hydrogens (tertiary/aromatic N) is 2. The Hall–Kier alpha value is -0.730. The molecule has 0 spiro atoms. The maximum atomic E-state index is 12.1. The normalized spacial score (nSPS) is 18.9. The predicted octanol–water partition coefficient (Wildman–Crippen LogP) is 0.734. The van der Waals surface area contributed by atoms with Crippen LogP contribution in [0.3, 0.4) is 0 Å². The molecule has 6 nitrogen and oxygen atoms in total. The molecule has 20 heavy (non-hydrogen) atoms. The number of hydrogen-bond donors (Lipinski definition) is 1. The SMILES string of the molecule is CC(CNS(=O)(=O)c1ccc(Cl)nc1)N1CCOCC1. The minimum Gasteiger partial charge on any atom is -0.379 e. The first kappa shape index (κ1) is 15.7. The molecule has 0 aliphatic carbocycles. The summed E-state index contributed by atoms with van der Waals surface area (Å²) in [5, 5.41) is 0.269. The monoisotopic (exact) mass is 319 g/mol. The molecule has 1 aliphatic heterocycles. The Labute approximate surface area is 124 Å². The van der Waals surface area contributed by atoms with Crippen LogP contribution in [0, 0.1) is 0 Å². The highest BCUT2D eigenvalue weighted by Crippen LogP contribution is 2.11. The molecule has 1 N–H and O–H groups in total. The minimum atomic E-state index is -3.54. The Morgan fingerprint density at radius 3 is 2.75 bits per heavy atom. The molecular formula is C12H18ClN3O3S. The molecular weight excluding hydrogens is 302 g/mol. The fraction of sp³-hybridized carbons (Fsp3) is 0.583. The summed E-state index contributed by atoms with van der Waals surface area (Å²) in [6, 6.07) is 3.02. The predicted molar refractivity (Wildman–Crippen MR) is 76.3 cm³/mol. The molecule has 1 saturated heterocycles. The largest absolute Gasteiger partial charge is 0.379 e. The van der Waals surface area contributed by atoms with Crippen LogP contribution in [0.15, 0.2) is 23.2 Å². The first-order valence-electron chi connectivity index (χ1n) is 6.42. The summed E-state index contributed by atoms with van der Waals surface area (Å²) in [5.74, 6) is 0. The Morgan fingerprint density at radius 2 is 2.15 bits per heavy atom. The van der Waals surface area contributed by atoms with Crippen molar-refractivity contribution in [2.24, 2.45) is 0 Å². The van der Waals surface area contributed by atoms with Crippen LogP contribution in [0.25, 0.3) is 0 Å². The van der Waals surface area contributed by atoms with Crippen LogP contribution in [-0.4, -0.2) is 57.2 Å². The molecule has 112 valence electrons. The molecule has 1 aromatic heterocycles. The van der Waals surface area contributed by atoms with Gasteiger partial charge in [-0.15, -0.1) is 0 Å². The fourth-order valence-electron chi connectivity index (χ4n) is 1.98. The molecule has 0 saturated carbocycles. The quantitative estimate of drug-likeness (QED) is 0.810. The molecule has 1 aromatic rings. The van der Waals surface area contributed by atoms with E-state index in [1.165, 1.54) is 18.3 Å². The lowest BCUT2D eigenvalue weighted by Gasteiger charge is -2.32. The lowest BCUT2D eigenvalue weighted by Crippen LogP contribution is -2.47. The van der Waals surface area contributed by atoms with Crippen LogP contribution in [0.4, 0.5) is 0 Å². The van der Waals surface area contributed by atoms with E-state index in [9.17, 15) is 8.42 Å².